The summed E-state index contributed by atoms with van der Waals surface area (Å²) >= 11 is 0. The van der Waals surface area contributed by atoms with E-state index in [0.717, 1.165) is 19.3 Å². The molecule has 2 bridgehead atoms. The van der Waals surface area contributed by atoms with E-state index in [4.69, 9.17) is 9.47 Å². The molecular weight excluding hydrogens is 368 g/mol. The molecule has 2 saturated carbocycles. The molecule has 1 aromatic rings. The molecule has 0 spiro atoms. The van der Waals surface area contributed by atoms with E-state index in [1.165, 1.54) is 25.7 Å². The number of carbonyl (C=O) groups excluding carboxylic acids is 1. The number of hydrogen-bond donors (Lipinski definition) is 1. The molecule has 1 saturated heterocycles. The zero-order chi connectivity index (χ0) is 19.0. The first-order valence-electron chi connectivity index (χ1n) is 9.55. The van der Waals surface area contributed by atoms with Crippen molar-refractivity contribution in [1.29, 1.82) is 0 Å². The fourth-order valence-corrected chi connectivity index (χ4v) is 5.96. The average Bonchev–Trinajstić information content (AvgIpc) is 3.30. The van der Waals surface area contributed by atoms with Crippen LogP contribution >= 0.6 is 0 Å². The van der Waals surface area contributed by atoms with Crippen molar-refractivity contribution in [2.45, 2.75) is 36.6 Å². The highest BCUT2D eigenvalue weighted by Gasteiger charge is 2.41. The molecule has 3 aliphatic rings. The van der Waals surface area contributed by atoms with E-state index in [-0.39, 0.29) is 22.4 Å². The highest BCUT2D eigenvalue weighted by atomic mass is 32.2. The van der Waals surface area contributed by atoms with Gasteiger partial charge in [0, 0.05) is 19.1 Å². The van der Waals surface area contributed by atoms with Gasteiger partial charge < -0.3 is 14.4 Å². The summed E-state index contributed by atoms with van der Waals surface area (Å²) in [6, 6.07) is 4.51. The molecule has 0 radical (unpaired) electrons. The third kappa shape index (κ3) is 3.70. The second kappa shape index (κ2) is 7.41. The predicted octanol–water partition coefficient (Wildman–Crippen LogP) is 1.63. The quantitative estimate of drug-likeness (QED) is 0.821. The molecule has 1 N–H and O–H groups in total. The predicted molar refractivity (Wildman–Crippen MR) is 99.3 cm³/mol. The normalized spacial score (nSPS) is 27.7. The molecule has 1 aromatic carbocycles. The molecule has 27 heavy (non-hydrogen) atoms. The molecule has 4 rings (SSSR count). The maximum absolute atomic E-state index is 12.9. The van der Waals surface area contributed by atoms with E-state index in [1.807, 2.05) is 0 Å². The first-order valence-corrected chi connectivity index (χ1v) is 11.0. The monoisotopic (exact) mass is 394 g/mol. The lowest BCUT2D eigenvalue weighted by Gasteiger charge is -2.27. The van der Waals surface area contributed by atoms with Gasteiger partial charge in [0.2, 0.25) is 10.0 Å². The van der Waals surface area contributed by atoms with Gasteiger partial charge in [-0.3, -0.25) is 4.79 Å². The summed E-state index contributed by atoms with van der Waals surface area (Å²) in [5.74, 6) is 1.24. The van der Waals surface area contributed by atoms with Crippen molar-refractivity contribution >= 4 is 15.9 Å². The van der Waals surface area contributed by atoms with Gasteiger partial charge in [0.15, 0.2) is 0 Å². The number of benzene rings is 1. The third-order valence-corrected chi connectivity index (χ3v) is 7.54. The number of hydrogen-bond acceptors (Lipinski definition) is 5. The van der Waals surface area contributed by atoms with Crippen LogP contribution in [0.5, 0.6) is 5.75 Å². The van der Waals surface area contributed by atoms with Crippen LogP contribution in [0.3, 0.4) is 0 Å². The van der Waals surface area contributed by atoms with Gasteiger partial charge in [0.25, 0.3) is 5.91 Å². The number of sulfonamides is 1. The highest BCUT2D eigenvalue weighted by molar-refractivity contribution is 7.89. The number of rotatable bonds is 5. The lowest BCUT2D eigenvalue weighted by atomic mass is 9.96. The lowest BCUT2D eigenvalue weighted by Crippen LogP contribution is -2.41. The summed E-state index contributed by atoms with van der Waals surface area (Å²) in [6.07, 6.45) is 4.35. The fourth-order valence-electron chi connectivity index (χ4n) is 4.61. The van der Waals surface area contributed by atoms with E-state index in [9.17, 15) is 13.2 Å². The second-order valence-electron chi connectivity index (χ2n) is 7.67. The van der Waals surface area contributed by atoms with Gasteiger partial charge in [-0.2, -0.15) is 0 Å². The summed E-state index contributed by atoms with van der Waals surface area (Å²) in [5, 5.41) is 0. The number of morpholine rings is 1. The number of nitrogens with one attached hydrogen (secondary N) is 1. The van der Waals surface area contributed by atoms with E-state index in [1.54, 1.807) is 11.0 Å². The summed E-state index contributed by atoms with van der Waals surface area (Å²) in [4.78, 5) is 14.7. The summed E-state index contributed by atoms with van der Waals surface area (Å²) in [7, 11) is -2.20. The zero-order valence-corrected chi connectivity index (χ0v) is 16.3. The maximum Gasteiger partial charge on any atom is 0.257 e. The van der Waals surface area contributed by atoms with Crippen LogP contribution in [0.4, 0.5) is 0 Å². The molecule has 1 amide bonds. The summed E-state index contributed by atoms with van der Waals surface area (Å²) < 4.78 is 39.3. The van der Waals surface area contributed by atoms with Crippen molar-refractivity contribution in [3.05, 3.63) is 23.8 Å². The van der Waals surface area contributed by atoms with Gasteiger partial charge in [-0.1, -0.05) is 6.42 Å². The molecule has 7 nitrogen and oxygen atoms in total. The molecule has 1 aliphatic heterocycles. The average molecular weight is 394 g/mol. The number of amides is 1. The van der Waals surface area contributed by atoms with Gasteiger partial charge in [-0.05, 0) is 49.3 Å². The SMILES string of the molecule is COc1ccc(S(=O)(=O)N[C@@H]2C[C@H]3CC[C@H]2C3)cc1C(=O)N1CCOCC1. The van der Waals surface area contributed by atoms with Crippen molar-refractivity contribution in [1.82, 2.24) is 9.62 Å². The minimum Gasteiger partial charge on any atom is -0.496 e. The number of ether oxygens (including phenoxy) is 2. The van der Waals surface area contributed by atoms with Gasteiger partial charge in [-0.25, -0.2) is 13.1 Å². The molecule has 148 valence electrons. The van der Waals surface area contributed by atoms with Crippen molar-refractivity contribution in [2.24, 2.45) is 11.8 Å². The molecular formula is C19H26N2O5S. The first-order chi connectivity index (χ1) is 13.0. The largest absolute Gasteiger partial charge is 0.496 e. The number of fused-ring (bicyclic) bond motifs is 2. The van der Waals surface area contributed by atoms with Crippen molar-refractivity contribution in [3.63, 3.8) is 0 Å². The van der Waals surface area contributed by atoms with Crippen molar-refractivity contribution in [3.8, 4) is 5.75 Å². The van der Waals surface area contributed by atoms with Crippen LogP contribution in [0.1, 0.15) is 36.0 Å². The molecule has 2 aliphatic carbocycles. The second-order valence-corrected chi connectivity index (χ2v) is 9.38. The highest BCUT2D eigenvalue weighted by Crippen LogP contribution is 2.44. The van der Waals surface area contributed by atoms with Crippen LogP contribution in [0.25, 0.3) is 0 Å². The number of nitrogens with zero attached hydrogens (tertiary/aromatic N) is 1. The van der Waals surface area contributed by atoms with Crippen LogP contribution in [-0.2, 0) is 14.8 Å². The fraction of sp³-hybridized carbons (Fsp3) is 0.632. The zero-order valence-electron chi connectivity index (χ0n) is 15.5. The minimum atomic E-state index is -3.68. The van der Waals surface area contributed by atoms with Gasteiger partial charge in [0.05, 0.1) is 30.8 Å². The Morgan fingerprint density at radius 1 is 1.22 bits per heavy atom. The molecule has 0 aromatic heterocycles. The van der Waals surface area contributed by atoms with E-state index in [0.29, 0.717) is 43.9 Å². The maximum atomic E-state index is 12.9. The Balaban J connectivity index is 1.58. The Labute approximate surface area is 160 Å². The van der Waals surface area contributed by atoms with E-state index >= 15 is 0 Å². The minimum absolute atomic E-state index is 0.00856. The topological polar surface area (TPSA) is 84.9 Å². The molecule has 8 heteroatoms. The van der Waals surface area contributed by atoms with E-state index in [2.05, 4.69) is 4.72 Å². The summed E-state index contributed by atoms with van der Waals surface area (Å²) in [5.41, 5.74) is 0.273. The van der Waals surface area contributed by atoms with Crippen LogP contribution in [0, 0.1) is 11.8 Å². The standard InChI is InChI=1S/C19H26N2O5S/c1-25-18-5-4-15(12-16(18)19(22)21-6-8-26-9-7-21)27(23,24)20-17-11-13-2-3-14(17)10-13/h4-5,12-14,17,20H,2-3,6-11H2,1H3/t13-,14-,17+/m0/s1. The Bertz CT molecular complexity index is 819. The number of methoxy groups -OCH3 is 1. The van der Waals surface area contributed by atoms with Gasteiger partial charge in [0.1, 0.15) is 5.75 Å². The Hall–Kier alpha value is -1.64. The molecule has 1 heterocycles. The van der Waals surface area contributed by atoms with E-state index < -0.39 is 10.0 Å². The third-order valence-electron chi connectivity index (χ3n) is 6.05. The van der Waals surface area contributed by atoms with Crippen molar-refractivity contribution in [2.75, 3.05) is 33.4 Å². The Kier molecular flexibility index (Phi) is 5.13. The van der Waals surface area contributed by atoms with Gasteiger partial charge >= 0.3 is 0 Å². The van der Waals surface area contributed by atoms with Crippen LogP contribution < -0.4 is 9.46 Å². The Morgan fingerprint density at radius 3 is 2.63 bits per heavy atom. The first kappa shape index (κ1) is 18.7. The van der Waals surface area contributed by atoms with Crippen LogP contribution in [0.15, 0.2) is 23.1 Å². The molecule has 3 atom stereocenters. The molecule has 0 unspecified atom stereocenters. The molecule has 3 fully saturated rings. The van der Waals surface area contributed by atoms with Crippen LogP contribution in [-0.4, -0.2) is 58.7 Å². The van der Waals surface area contributed by atoms with Crippen LogP contribution in [0.2, 0.25) is 0 Å². The smallest absolute Gasteiger partial charge is 0.257 e. The van der Waals surface area contributed by atoms with Gasteiger partial charge in [-0.15, -0.1) is 0 Å². The Morgan fingerprint density at radius 2 is 2.00 bits per heavy atom. The summed E-state index contributed by atoms with van der Waals surface area (Å²) in [6.45, 7) is 1.94. The lowest BCUT2D eigenvalue weighted by molar-refractivity contribution is 0.0300. The number of carbonyl (C=O) groups is 1. The van der Waals surface area contributed by atoms with Crippen molar-refractivity contribution < 1.29 is 22.7 Å².